The van der Waals surface area contributed by atoms with Crippen LogP contribution in [0.5, 0.6) is 0 Å². The van der Waals surface area contributed by atoms with Gasteiger partial charge in [0.2, 0.25) is 0 Å². The Labute approximate surface area is 142 Å². The van der Waals surface area contributed by atoms with Crippen molar-refractivity contribution in [3.05, 3.63) is 38.1 Å². The number of nitrogens with zero attached hydrogens (tertiary/aromatic N) is 2. The van der Waals surface area contributed by atoms with Gasteiger partial charge in [-0.2, -0.15) is 6.20 Å². The van der Waals surface area contributed by atoms with Crippen LogP contribution in [-0.2, 0) is 63.4 Å². The second kappa shape index (κ2) is 21.2. The molecule has 1 radical (unpaired) electrons. The summed E-state index contributed by atoms with van der Waals surface area (Å²) in [7, 11) is 1.59. The zero-order chi connectivity index (χ0) is 12.1. The standard InChI is InChI=1S/C5H4N2.C4H8NO.CHO.W.Y/c1-5-2-3-6-4-7-5;1-3-4(6)5-2;1-2;;/h3-4H,1H2;1,3H2,2H3,(H,5,6);1H;;/q-2;2*-1;;. The summed E-state index contributed by atoms with van der Waals surface area (Å²) in [5.74, 6) is -0.0185. The fourth-order valence-electron chi connectivity index (χ4n) is 0.410. The van der Waals surface area contributed by atoms with Crippen LogP contribution in [0.2, 0.25) is 0 Å². The van der Waals surface area contributed by atoms with E-state index in [-0.39, 0.29) is 59.7 Å². The van der Waals surface area contributed by atoms with Crippen LogP contribution in [0.4, 0.5) is 0 Å². The Hall–Kier alpha value is -0.118. The van der Waals surface area contributed by atoms with Gasteiger partial charge in [-0.05, 0) is 0 Å². The maximum Gasteiger partial charge on any atom is 0.189 e. The van der Waals surface area contributed by atoms with Crippen molar-refractivity contribution >= 4 is 12.7 Å². The van der Waals surface area contributed by atoms with Gasteiger partial charge in [0, 0.05) is 60.8 Å². The predicted octanol–water partition coefficient (Wildman–Crippen LogP) is 0.136. The molecule has 0 unspecified atom stereocenters. The molecule has 0 bridgehead atoms. The van der Waals surface area contributed by atoms with Crippen LogP contribution in [0, 0.1) is 19.9 Å². The first kappa shape index (κ1) is 25.7. The molecule has 0 saturated carbocycles. The van der Waals surface area contributed by atoms with Crippen molar-refractivity contribution in [3.8, 4) is 0 Å². The second-order valence-electron chi connectivity index (χ2n) is 2.04. The summed E-state index contributed by atoms with van der Waals surface area (Å²) in [6.07, 6.45) is 3.31. The zero-order valence-corrected chi connectivity index (χ0v) is 15.3. The Bertz CT molecular complexity index is 257. The Morgan fingerprint density at radius 2 is 2.12 bits per heavy atom. The van der Waals surface area contributed by atoms with E-state index >= 15 is 0 Å². The largest absolute Gasteiger partial charge is 0.545 e. The zero-order valence-electron chi connectivity index (χ0n) is 9.55. The molecular weight excluding hydrogens is 467 g/mol. The number of carbonyl (C=O) groups excluding carboxylic acids is 2. The van der Waals surface area contributed by atoms with E-state index < -0.39 is 0 Å². The fraction of sp³-hybridized carbons (Fsp3) is 0.200. The molecule has 1 N–H and O–H groups in total. The van der Waals surface area contributed by atoms with E-state index in [0.717, 1.165) is 0 Å². The van der Waals surface area contributed by atoms with Crippen molar-refractivity contribution in [1.29, 1.82) is 0 Å². The van der Waals surface area contributed by atoms with Gasteiger partial charge in [0.1, 0.15) is 6.33 Å². The van der Waals surface area contributed by atoms with Crippen LogP contribution in [-0.4, -0.2) is 29.7 Å². The van der Waals surface area contributed by atoms with Gasteiger partial charge in [-0.15, -0.1) is 6.42 Å². The first-order chi connectivity index (χ1) is 7.20. The molecule has 0 aliphatic carbocycles. The van der Waals surface area contributed by atoms with Crippen LogP contribution in [0.3, 0.4) is 0 Å². The summed E-state index contributed by atoms with van der Waals surface area (Å²) in [5, 5.41) is 2.41. The van der Waals surface area contributed by atoms with Gasteiger partial charge in [0.15, 0.2) is 5.91 Å². The molecule has 0 fully saturated rings. The molecule has 0 aromatic carbocycles. The van der Waals surface area contributed by atoms with E-state index in [2.05, 4.69) is 42.0 Å². The molecule has 1 rings (SSSR count). The van der Waals surface area contributed by atoms with E-state index in [1.165, 1.54) is 12.5 Å². The minimum absolute atomic E-state index is 0. The number of carbonyl (C=O) groups is 1. The normalized spacial score (nSPS) is 6.47. The number of nitrogens with one attached hydrogen (secondary N) is 1. The van der Waals surface area contributed by atoms with Gasteiger partial charge in [-0.3, -0.25) is 22.3 Å². The molecule has 0 saturated heterocycles. The summed E-state index contributed by atoms with van der Waals surface area (Å²) in [4.78, 5) is 25.1. The number of hydrogen-bond acceptors (Lipinski definition) is 4. The van der Waals surface area contributed by atoms with Gasteiger partial charge in [-0.25, -0.2) is 0 Å². The third-order valence-corrected chi connectivity index (χ3v) is 1.09. The maximum absolute atomic E-state index is 10.0. The summed E-state index contributed by atoms with van der Waals surface area (Å²) >= 11 is 0. The van der Waals surface area contributed by atoms with Crippen molar-refractivity contribution in [2.24, 2.45) is 0 Å². The molecule has 1 heterocycles. The molecule has 1 amide bonds. The summed E-state index contributed by atoms with van der Waals surface area (Å²) in [6.45, 7) is 10.1. The van der Waals surface area contributed by atoms with Crippen LogP contribution in [0.25, 0.3) is 0 Å². The monoisotopic (exact) mass is 480 g/mol. The van der Waals surface area contributed by atoms with Crippen molar-refractivity contribution in [2.75, 3.05) is 7.05 Å². The molecular formula is C10H13N3O2WY-4. The molecule has 0 aliphatic heterocycles. The first-order valence-corrected chi connectivity index (χ1v) is 3.93. The van der Waals surface area contributed by atoms with Crippen molar-refractivity contribution in [1.82, 2.24) is 15.3 Å². The fourth-order valence-corrected chi connectivity index (χ4v) is 0.410. The molecule has 0 spiro atoms. The van der Waals surface area contributed by atoms with E-state index in [9.17, 15) is 4.79 Å². The molecule has 1 aromatic heterocycles. The van der Waals surface area contributed by atoms with Crippen molar-refractivity contribution in [3.63, 3.8) is 0 Å². The van der Waals surface area contributed by atoms with Crippen LogP contribution >= 0.6 is 0 Å². The van der Waals surface area contributed by atoms with Gasteiger partial charge >= 0.3 is 0 Å². The Kier molecular flexibility index (Phi) is 32.0. The summed E-state index contributed by atoms with van der Waals surface area (Å²) in [6, 6.07) is 2.70. The topological polar surface area (TPSA) is 72.0 Å². The number of rotatable bonds is 1. The third-order valence-electron chi connectivity index (χ3n) is 1.09. The first-order valence-electron chi connectivity index (χ1n) is 3.93. The number of amides is 1. The average molecular weight is 480 g/mol. The minimum atomic E-state index is -0.0185. The van der Waals surface area contributed by atoms with Crippen LogP contribution < -0.4 is 5.32 Å². The molecule has 1 aromatic rings. The van der Waals surface area contributed by atoms with Gasteiger partial charge in [0.05, 0.1) is 0 Å². The van der Waals surface area contributed by atoms with Gasteiger partial charge < -0.3 is 35.0 Å². The van der Waals surface area contributed by atoms with Crippen LogP contribution in [0.15, 0.2) is 12.5 Å². The molecule has 0 atom stereocenters. The summed E-state index contributed by atoms with van der Waals surface area (Å²) in [5.41, 5.74) is 0.634. The minimum Gasteiger partial charge on any atom is -0.545 e. The number of hydrogen-bond donors (Lipinski definition) is 1. The second-order valence-corrected chi connectivity index (χ2v) is 2.04. The molecule has 17 heavy (non-hydrogen) atoms. The van der Waals surface area contributed by atoms with Gasteiger partial charge in [0.25, 0.3) is 0 Å². The quantitative estimate of drug-likeness (QED) is 0.459. The molecule has 7 heteroatoms. The van der Waals surface area contributed by atoms with E-state index in [1.807, 2.05) is 0 Å². The smallest absolute Gasteiger partial charge is 0.189 e. The maximum atomic E-state index is 10.0. The van der Waals surface area contributed by atoms with Crippen molar-refractivity contribution < 1.29 is 63.4 Å². The Morgan fingerprint density at radius 3 is 2.24 bits per heavy atom. The average Bonchev–Trinajstić information content (AvgIpc) is 2.32. The molecule has 93 valence electrons. The van der Waals surface area contributed by atoms with E-state index in [4.69, 9.17) is 4.79 Å². The predicted molar refractivity (Wildman–Crippen MR) is 56.1 cm³/mol. The Morgan fingerprint density at radius 1 is 1.59 bits per heavy atom. The van der Waals surface area contributed by atoms with Gasteiger partial charge in [-0.1, -0.05) is 0 Å². The molecule has 5 nitrogen and oxygen atoms in total. The van der Waals surface area contributed by atoms with E-state index in [1.54, 1.807) is 7.05 Å². The molecule has 0 aliphatic rings. The number of aromatic nitrogens is 2. The SMILES string of the molecule is [CH-]=O.[CH2-]CC(=O)NC.[CH2-]c1[c-]cncn1.[W].[Y]. The van der Waals surface area contributed by atoms with Crippen molar-refractivity contribution in [2.45, 2.75) is 6.42 Å². The Balaban J connectivity index is -0.0000000794. The third kappa shape index (κ3) is 21.7. The van der Waals surface area contributed by atoms with Crippen LogP contribution in [0.1, 0.15) is 12.1 Å². The summed E-state index contributed by atoms with van der Waals surface area (Å²) < 4.78 is 0. The van der Waals surface area contributed by atoms with E-state index in [0.29, 0.717) is 12.1 Å².